The van der Waals surface area contributed by atoms with Gasteiger partial charge in [-0.25, -0.2) is 0 Å². The van der Waals surface area contributed by atoms with Crippen molar-refractivity contribution in [1.29, 1.82) is 0 Å². The molecule has 1 rings (SSSR count). The summed E-state index contributed by atoms with van der Waals surface area (Å²) in [5, 5.41) is 9.44. The van der Waals surface area contributed by atoms with Crippen LogP contribution < -0.4 is 0 Å². The molecule has 0 aliphatic heterocycles. The SMILES string of the molecule is CSc1cc(CC(C)O)cc(SC)c1SC. The van der Waals surface area contributed by atoms with Gasteiger partial charge in [-0.15, -0.1) is 35.3 Å². The molecule has 0 amide bonds. The molecule has 1 unspecified atom stereocenters. The average molecular weight is 274 g/mol. The molecule has 0 aliphatic rings. The third kappa shape index (κ3) is 3.62. The number of benzene rings is 1. The van der Waals surface area contributed by atoms with E-state index in [1.807, 2.05) is 6.92 Å². The summed E-state index contributed by atoms with van der Waals surface area (Å²) in [5.74, 6) is 0. The molecule has 0 saturated heterocycles. The van der Waals surface area contributed by atoms with Gasteiger partial charge < -0.3 is 5.11 Å². The summed E-state index contributed by atoms with van der Waals surface area (Å²) in [6, 6.07) is 4.39. The first-order chi connectivity index (χ1) is 7.62. The normalized spacial score (nSPS) is 12.8. The number of aliphatic hydroxyl groups is 1. The van der Waals surface area contributed by atoms with Crippen LogP contribution in [0.1, 0.15) is 12.5 Å². The van der Waals surface area contributed by atoms with E-state index >= 15 is 0 Å². The van der Waals surface area contributed by atoms with Gasteiger partial charge in [-0.05, 0) is 49.8 Å². The van der Waals surface area contributed by atoms with Crippen LogP contribution >= 0.6 is 35.3 Å². The number of hydrogen-bond acceptors (Lipinski definition) is 4. The molecule has 0 spiro atoms. The molecule has 1 N–H and O–H groups in total. The van der Waals surface area contributed by atoms with Crippen LogP contribution in [0, 0.1) is 0 Å². The van der Waals surface area contributed by atoms with Crippen molar-refractivity contribution in [2.45, 2.75) is 34.1 Å². The average Bonchev–Trinajstić information content (AvgIpc) is 2.26. The maximum atomic E-state index is 9.44. The molecule has 0 radical (unpaired) electrons. The van der Waals surface area contributed by atoms with Crippen LogP contribution in [0.4, 0.5) is 0 Å². The molecule has 1 aromatic carbocycles. The van der Waals surface area contributed by atoms with E-state index in [9.17, 15) is 5.11 Å². The van der Waals surface area contributed by atoms with Crippen LogP contribution in [0.3, 0.4) is 0 Å². The minimum atomic E-state index is -0.274. The maximum Gasteiger partial charge on any atom is 0.0552 e. The third-order valence-electron chi connectivity index (χ3n) is 2.26. The van der Waals surface area contributed by atoms with E-state index in [4.69, 9.17) is 0 Å². The van der Waals surface area contributed by atoms with Gasteiger partial charge in [-0.3, -0.25) is 0 Å². The van der Waals surface area contributed by atoms with E-state index in [2.05, 4.69) is 30.9 Å². The molecule has 16 heavy (non-hydrogen) atoms. The van der Waals surface area contributed by atoms with E-state index < -0.39 is 0 Å². The molecular weight excluding hydrogens is 256 g/mol. The van der Waals surface area contributed by atoms with Crippen molar-refractivity contribution in [2.24, 2.45) is 0 Å². The predicted octanol–water partition coefficient (Wildman–Crippen LogP) is 3.78. The van der Waals surface area contributed by atoms with Crippen molar-refractivity contribution >= 4 is 35.3 Å². The molecule has 0 bridgehead atoms. The van der Waals surface area contributed by atoms with Crippen molar-refractivity contribution in [3.63, 3.8) is 0 Å². The highest BCUT2D eigenvalue weighted by Crippen LogP contribution is 2.37. The Labute approximate surface area is 111 Å². The Hall–Kier alpha value is 0.230. The fraction of sp³-hybridized carbons (Fsp3) is 0.500. The monoisotopic (exact) mass is 274 g/mol. The lowest BCUT2D eigenvalue weighted by molar-refractivity contribution is 0.195. The van der Waals surface area contributed by atoms with Gasteiger partial charge in [0.25, 0.3) is 0 Å². The molecule has 0 heterocycles. The van der Waals surface area contributed by atoms with Crippen LogP contribution in [-0.2, 0) is 6.42 Å². The second-order valence-electron chi connectivity index (χ2n) is 3.59. The van der Waals surface area contributed by atoms with Gasteiger partial charge in [0.15, 0.2) is 0 Å². The van der Waals surface area contributed by atoms with Crippen molar-refractivity contribution in [3.05, 3.63) is 17.7 Å². The highest BCUT2D eigenvalue weighted by atomic mass is 32.2. The first kappa shape index (κ1) is 14.3. The molecule has 0 aliphatic carbocycles. The van der Waals surface area contributed by atoms with E-state index in [1.54, 1.807) is 35.3 Å². The first-order valence-electron chi connectivity index (χ1n) is 5.09. The molecule has 90 valence electrons. The maximum absolute atomic E-state index is 9.44. The molecule has 1 atom stereocenters. The van der Waals surface area contributed by atoms with Crippen LogP contribution in [-0.4, -0.2) is 30.0 Å². The van der Waals surface area contributed by atoms with E-state index in [0.29, 0.717) is 0 Å². The minimum Gasteiger partial charge on any atom is -0.393 e. The zero-order chi connectivity index (χ0) is 12.1. The number of hydrogen-bond donors (Lipinski definition) is 1. The lowest BCUT2D eigenvalue weighted by Gasteiger charge is -2.13. The first-order valence-corrected chi connectivity index (χ1v) is 8.76. The van der Waals surface area contributed by atoms with Gasteiger partial charge in [0, 0.05) is 14.7 Å². The fourth-order valence-corrected chi connectivity index (χ4v) is 4.31. The van der Waals surface area contributed by atoms with Crippen molar-refractivity contribution < 1.29 is 5.11 Å². The Bertz CT molecular complexity index is 325. The highest BCUT2D eigenvalue weighted by Gasteiger charge is 2.10. The Morgan fingerprint density at radius 2 is 1.56 bits per heavy atom. The molecule has 0 saturated carbocycles. The third-order valence-corrected chi connectivity index (χ3v) is 4.89. The van der Waals surface area contributed by atoms with Crippen molar-refractivity contribution in [3.8, 4) is 0 Å². The molecular formula is C12H18OS3. The second kappa shape index (κ2) is 6.84. The molecule has 0 aromatic heterocycles. The summed E-state index contributed by atoms with van der Waals surface area (Å²) < 4.78 is 0. The minimum absolute atomic E-state index is 0.274. The quantitative estimate of drug-likeness (QED) is 0.824. The van der Waals surface area contributed by atoms with Gasteiger partial charge >= 0.3 is 0 Å². The largest absolute Gasteiger partial charge is 0.393 e. The van der Waals surface area contributed by atoms with E-state index in [0.717, 1.165) is 6.42 Å². The Morgan fingerprint density at radius 1 is 1.06 bits per heavy atom. The number of thioether (sulfide) groups is 3. The van der Waals surface area contributed by atoms with E-state index in [-0.39, 0.29) is 6.10 Å². The predicted molar refractivity (Wildman–Crippen MR) is 77.2 cm³/mol. The van der Waals surface area contributed by atoms with Crippen LogP contribution in [0.15, 0.2) is 26.8 Å². The fourth-order valence-electron chi connectivity index (χ4n) is 1.59. The number of aliphatic hydroxyl groups excluding tert-OH is 1. The molecule has 1 aromatic rings. The Morgan fingerprint density at radius 3 is 1.88 bits per heavy atom. The standard InChI is InChI=1S/C12H18OS3/c1-8(13)5-9-6-10(14-2)12(16-4)11(7-9)15-3/h6-8,13H,5H2,1-4H3. The summed E-state index contributed by atoms with van der Waals surface area (Å²) in [7, 11) is 0. The zero-order valence-electron chi connectivity index (χ0n) is 10.1. The molecule has 0 fully saturated rings. The van der Waals surface area contributed by atoms with Gasteiger partial charge in [0.1, 0.15) is 0 Å². The lowest BCUT2D eigenvalue weighted by Crippen LogP contribution is -2.04. The van der Waals surface area contributed by atoms with Crippen LogP contribution in [0.2, 0.25) is 0 Å². The van der Waals surface area contributed by atoms with Crippen LogP contribution in [0.25, 0.3) is 0 Å². The molecule has 1 nitrogen and oxygen atoms in total. The van der Waals surface area contributed by atoms with Crippen LogP contribution in [0.5, 0.6) is 0 Å². The zero-order valence-corrected chi connectivity index (χ0v) is 12.6. The summed E-state index contributed by atoms with van der Waals surface area (Å²) in [6.07, 6.45) is 6.78. The Balaban J connectivity index is 3.15. The summed E-state index contributed by atoms with van der Waals surface area (Å²) in [5.41, 5.74) is 1.22. The van der Waals surface area contributed by atoms with E-state index in [1.165, 1.54) is 20.2 Å². The topological polar surface area (TPSA) is 20.2 Å². The summed E-state index contributed by atoms with van der Waals surface area (Å²) in [6.45, 7) is 1.83. The Kier molecular flexibility index (Phi) is 6.11. The molecule has 4 heteroatoms. The highest BCUT2D eigenvalue weighted by molar-refractivity contribution is 8.03. The van der Waals surface area contributed by atoms with Crippen molar-refractivity contribution in [1.82, 2.24) is 0 Å². The lowest BCUT2D eigenvalue weighted by atomic mass is 10.1. The van der Waals surface area contributed by atoms with Gasteiger partial charge in [0.2, 0.25) is 0 Å². The summed E-state index contributed by atoms with van der Waals surface area (Å²) in [4.78, 5) is 3.99. The second-order valence-corrected chi connectivity index (χ2v) is 6.10. The van der Waals surface area contributed by atoms with Gasteiger partial charge in [-0.1, -0.05) is 0 Å². The van der Waals surface area contributed by atoms with Gasteiger partial charge in [-0.2, -0.15) is 0 Å². The van der Waals surface area contributed by atoms with Crippen molar-refractivity contribution in [2.75, 3.05) is 18.8 Å². The smallest absolute Gasteiger partial charge is 0.0552 e. The summed E-state index contributed by atoms with van der Waals surface area (Å²) >= 11 is 5.34. The van der Waals surface area contributed by atoms with Gasteiger partial charge in [0.05, 0.1) is 6.10 Å². The number of rotatable bonds is 5.